The van der Waals surface area contributed by atoms with Crippen molar-refractivity contribution in [1.29, 1.82) is 0 Å². The van der Waals surface area contributed by atoms with E-state index < -0.39 is 0 Å². The van der Waals surface area contributed by atoms with E-state index in [1.54, 1.807) is 42.5 Å². The Kier molecular flexibility index (Phi) is 5.59. The highest BCUT2D eigenvalue weighted by Crippen LogP contribution is 2.16. The van der Waals surface area contributed by atoms with Crippen LogP contribution in [0.3, 0.4) is 0 Å². The molecule has 0 saturated carbocycles. The van der Waals surface area contributed by atoms with Gasteiger partial charge in [0, 0.05) is 31.7 Å². The second-order valence-corrected chi connectivity index (χ2v) is 5.97. The second kappa shape index (κ2) is 8.25. The minimum absolute atomic E-state index is 0.120. The number of para-hydroxylation sites is 1. The van der Waals surface area contributed by atoms with Crippen LogP contribution in [0.25, 0.3) is 0 Å². The Morgan fingerprint density at radius 2 is 1.81 bits per heavy atom. The molecule has 1 N–H and O–H groups in total. The smallest absolute Gasteiger partial charge is 0.259 e. The Morgan fingerprint density at radius 3 is 2.54 bits per heavy atom. The molecular formula is C21H20FN3O. The van der Waals surface area contributed by atoms with Crippen LogP contribution in [0.5, 0.6) is 0 Å². The van der Waals surface area contributed by atoms with Crippen LogP contribution < -0.4 is 10.2 Å². The molecule has 0 saturated heterocycles. The van der Waals surface area contributed by atoms with Gasteiger partial charge in [-0.05, 0) is 42.3 Å². The van der Waals surface area contributed by atoms with Crippen molar-refractivity contribution < 1.29 is 9.18 Å². The van der Waals surface area contributed by atoms with Crippen molar-refractivity contribution in [3.63, 3.8) is 0 Å². The molecule has 0 atom stereocenters. The number of nitrogens with zero attached hydrogens (tertiary/aromatic N) is 2. The Bertz CT molecular complexity index is 866. The largest absolute Gasteiger partial charge is 0.383 e. The molecule has 0 bridgehead atoms. The first-order chi connectivity index (χ1) is 12.6. The fraction of sp³-hybridized carbons (Fsp3) is 0.143. The Labute approximate surface area is 152 Å². The normalized spacial score (nSPS) is 10.4. The SMILES string of the molecule is CN(C(=O)c1cncc(NCCc2ccc(F)cc2)c1)c1ccccc1. The van der Waals surface area contributed by atoms with Gasteiger partial charge in [0.25, 0.3) is 5.91 Å². The van der Waals surface area contributed by atoms with Crippen LogP contribution in [0.4, 0.5) is 15.8 Å². The third kappa shape index (κ3) is 4.45. The van der Waals surface area contributed by atoms with E-state index in [1.807, 2.05) is 30.3 Å². The van der Waals surface area contributed by atoms with Gasteiger partial charge in [-0.3, -0.25) is 9.78 Å². The summed E-state index contributed by atoms with van der Waals surface area (Å²) >= 11 is 0. The fourth-order valence-electron chi connectivity index (χ4n) is 2.62. The summed E-state index contributed by atoms with van der Waals surface area (Å²) in [6.45, 7) is 0.666. The molecule has 5 heteroatoms. The second-order valence-electron chi connectivity index (χ2n) is 5.97. The third-order valence-electron chi connectivity index (χ3n) is 4.09. The highest BCUT2D eigenvalue weighted by atomic mass is 19.1. The topological polar surface area (TPSA) is 45.2 Å². The summed E-state index contributed by atoms with van der Waals surface area (Å²) in [6, 6.07) is 17.7. The summed E-state index contributed by atoms with van der Waals surface area (Å²) in [4.78, 5) is 18.4. The van der Waals surface area contributed by atoms with Crippen molar-refractivity contribution in [3.8, 4) is 0 Å². The predicted octanol–water partition coefficient (Wildman–Crippen LogP) is 4.15. The molecule has 1 heterocycles. The highest BCUT2D eigenvalue weighted by Gasteiger charge is 2.14. The molecule has 1 aromatic heterocycles. The van der Waals surface area contributed by atoms with E-state index in [1.165, 1.54) is 12.1 Å². The number of anilines is 2. The summed E-state index contributed by atoms with van der Waals surface area (Å²) in [7, 11) is 1.74. The molecule has 0 spiro atoms. The number of carbonyl (C=O) groups excluding carboxylic acids is 1. The molecule has 26 heavy (non-hydrogen) atoms. The first-order valence-corrected chi connectivity index (χ1v) is 8.40. The summed E-state index contributed by atoms with van der Waals surface area (Å²) in [6.07, 6.45) is 4.00. The zero-order valence-electron chi connectivity index (χ0n) is 14.5. The van der Waals surface area contributed by atoms with Crippen LogP contribution in [0, 0.1) is 5.82 Å². The maximum absolute atomic E-state index is 12.9. The van der Waals surface area contributed by atoms with Gasteiger partial charge in [-0.2, -0.15) is 0 Å². The molecule has 0 aliphatic heterocycles. The molecule has 0 aliphatic carbocycles. The van der Waals surface area contributed by atoms with E-state index in [0.29, 0.717) is 12.1 Å². The molecular weight excluding hydrogens is 329 g/mol. The summed E-state index contributed by atoms with van der Waals surface area (Å²) in [5.41, 5.74) is 3.16. The highest BCUT2D eigenvalue weighted by molar-refractivity contribution is 6.05. The lowest BCUT2D eigenvalue weighted by Crippen LogP contribution is -2.26. The van der Waals surface area contributed by atoms with Gasteiger partial charge in [0.2, 0.25) is 0 Å². The van der Waals surface area contributed by atoms with Gasteiger partial charge in [-0.15, -0.1) is 0 Å². The zero-order valence-corrected chi connectivity index (χ0v) is 14.5. The molecule has 3 aromatic rings. The monoisotopic (exact) mass is 349 g/mol. The molecule has 4 nitrogen and oxygen atoms in total. The van der Waals surface area contributed by atoms with Crippen LogP contribution in [-0.4, -0.2) is 24.5 Å². The van der Waals surface area contributed by atoms with Crippen molar-refractivity contribution in [1.82, 2.24) is 4.98 Å². The molecule has 2 aromatic carbocycles. The van der Waals surface area contributed by atoms with Gasteiger partial charge in [0.1, 0.15) is 5.82 Å². The lowest BCUT2D eigenvalue weighted by Gasteiger charge is -2.17. The first kappa shape index (κ1) is 17.6. The van der Waals surface area contributed by atoms with E-state index in [-0.39, 0.29) is 11.7 Å². The van der Waals surface area contributed by atoms with Gasteiger partial charge in [0.05, 0.1) is 11.3 Å². The fourth-order valence-corrected chi connectivity index (χ4v) is 2.62. The standard InChI is InChI=1S/C21H20FN3O/c1-25(20-5-3-2-4-6-20)21(26)17-13-19(15-23-14-17)24-12-11-16-7-9-18(22)10-8-16/h2-10,13-15,24H,11-12H2,1H3. The van der Waals surface area contributed by atoms with Gasteiger partial charge in [0.15, 0.2) is 0 Å². The van der Waals surface area contributed by atoms with Gasteiger partial charge in [-0.25, -0.2) is 4.39 Å². The minimum Gasteiger partial charge on any atom is -0.383 e. The number of rotatable bonds is 6. The van der Waals surface area contributed by atoms with Crippen LogP contribution in [0.1, 0.15) is 15.9 Å². The number of hydrogen-bond acceptors (Lipinski definition) is 3. The number of pyridine rings is 1. The lowest BCUT2D eigenvalue weighted by molar-refractivity contribution is 0.0992. The van der Waals surface area contributed by atoms with Crippen molar-refractivity contribution in [2.45, 2.75) is 6.42 Å². The van der Waals surface area contributed by atoms with Crippen molar-refractivity contribution in [3.05, 3.63) is 90.0 Å². The summed E-state index contributed by atoms with van der Waals surface area (Å²) in [5.74, 6) is -0.356. The minimum atomic E-state index is -0.236. The molecule has 0 unspecified atom stereocenters. The van der Waals surface area contributed by atoms with Crippen LogP contribution in [0.2, 0.25) is 0 Å². The number of amides is 1. The summed E-state index contributed by atoms with van der Waals surface area (Å²) in [5, 5.41) is 3.25. The van der Waals surface area contributed by atoms with Crippen molar-refractivity contribution >= 4 is 17.3 Å². The van der Waals surface area contributed by atoms with Crippen LogP contribution in [0.15, 0.2) is 73.1 Å². The number of benzene rings is 2. The van der Waals surface area contributed by atoms with Gasteiger partial charge < -0.3 is 10.2 Å². The Hall–Kier alpha value is -3.21. The van der Waals surface area contributed by atoms with E-state index in [2.05, 4.69) is 10.3 Å². The molecule has 1 amide bonds. The maximum atomic E-state index is 12.9. The predicted molar refractivity (Wildman–Crippen MR) is 102 cm³/mol. The van der Waals surface area contributed by atoms with Crippen molar-refractivity contribution in [2.75, 3.05) is 23.8 Å². The number of nitrogens with one attached hydrogen (secondary N) is 1. The van der Waals surface area contributed by atoms with Crippen LogP contribution in [-0.2, 0) is 6.42 Å². The van der Waals surface area contributed by atoms with E-state index in [0.717, 1.165) is 23.4 Å². The molecule has 3 rings (SSSR count). The van der Waals surface area contributed by atoms with Gasteiger partial charge >= 0.3 is 0 Å². The number of carbonyl (C=O) groups is 1. The average Bonchev–Trinajstić information content (AvgIpc) is 2.69. The third-order valence-corrected chi connectivity index (χ3v) is 4.09. The first-order valence-electron chi connectivity index (χ1n) is 8.40. The summed E-state index contributed by atoms with van der Waals surface area (Å²) < 4.78 is 12.9. The molecule has 0 radical (unpaired) electrons. The van der Waals surface area contributed by atoms with Gasteiger partial charge in [-0.1, -0.05) is 30.3 Å². The zero-order chi connectivity index (χ0) is 18.4. The lowest BCUT2D eigenvalue weighted by atomic mass is 10.1. The van der Waals surface area contributed by atoms with Crippen molar-refractivity contribution in [2.24, 2.45) is 0 Å². The Balaban J connectivity index is 1.62. The Morgan fingerprint density at radius 1 is 1.08 bits per heavy atom. The maximum Gasteiger partial charge on any atom is 0.259 e. The number of aromatic nitrogens is 1. The molecule has 0 aliphatic rings. The van der Waals surface area contributed by atoms with Crippen LogP contribution >= 0.6 is 0 Å². The quantitative estimate of drug-likeness (QED) is 0.727. The molecule has 132 valence electrons. The number of hydrogen-bond donors (Lipinski definition) is 1. The molecule has 0 fully saturated rings. The van der Waals surface area contributed by atoms with E-state index >= 15 is 0 Å². The average molecular weight is 349 g/mol. The number of halogens is 1. The van der Waals surface area contributed by atoms with E-state index in [9.17, 15) is 9.18 Å². The van der Waals surface area contributed by atoms with E-state index in [4.69, 9.17) is 0 Å².